The molecule has 136 valence electrons. The van der Waals surface area contributed by atoms with Crippen LogP contribution in [0.4, 0.5) is 8.78 Å². The number of alkyl halides is 2. The van der Waals surface area contributed by atoms with E-state index in [4.69, 9.17) is 5.73 Å². The van der Waals surface area contributed by atoms with Gasteiger partial charge in [0, 0.05) is 4.90 Å². The van der Waals surface area contributed by atoms with Gasteiger partial charge >= 0.3 is 0 Å². The summed E-state index contributed by atoms with van der Waals surface area (Å²) in [6, 6.07) is 6.37. The van der Waals surface area contributed by atoms with E-state index >= 15 is 0 Å². The van der Waals surface area contributed by atoms with Crippen LogP contribution in [0.1, 0.15) is 20.3 Å². The zero-order chi connectivity index (χ0) is 18.4. The van der Waals surface area contributed by atoms with Crippen LogP contribution in [0.25, 0.3) is 0 Å². The molecule has 9 heteroatoms. The molecule has 0 heterocycles. The Morgan fingerprint density at radius 3 is 2.58 bits per heavy atom. The van der Waals surface area contributed by atoms with Crippen molar-refractivity contribution in [1.29, 1.82) is 0 Å². The number of sulfone groups is 1. The summed E-state index contributed by atoms with van der Waals surface area (Å²) in [6.45, 7) is 1.60. The fourth-order valence-corrected chi connectivity index (χ4v) is 4.72. The summed E-state index contributed by atoms with van der Waals surface area (Å²) in [5.74, 6) is -3.76. The molecule has 1 rings (SSSR count). The molecule has 1 aromatic rings. The van der Waals surface area contributed by atoms with Gasteiger partial charge in [-0.2, -0.15) is 0 Å². The molecule has 0 aliphatic carbocycles. The van der Waals surface area contributed by atoms with E-state index in [0.717, 1.165) is 11.8 Å². The number of hydrogen-bond donors (Lipinski definition) is 2. The third-order valence-corrected chi connectivity index (χ3v) is 6.43. The number of nitrogens with two attached hydrogens (primary N) is 1. The van der Waals surface area contributed by atoms with Crippen molar-refractivity contribution >= 4 is 27.5 Å². The van der Waals surface area contributed by atoms with Crippen LogP contribution >= 0.6 is 11.8 Å². The monoisotopic (exact) mass is 380 g/mol. The number of carbonyl (C=O) groups is 1. The number of thioether (sulfide) groups is 1. The van der Waals surface area contributed by atoms with E-state index in [9.17, 15) is 22.0 Å². The molecule has 0 spiro atoms. The van der Waals surface area contributed by atoms with Gasteiger partial charge in [-0.1, -0.05) is 19.1 Å². The molecule has 0 aliphatic heterocycles. The van der Waals surface area contributed by atoms with E-state index in [2.05, 4.69) is 5.32 Å². The highest BCUT2D eigenvalue weighted by molar-refractivity contribution is 8.01. The minimum Gasteiger partial charge on any atom is -0.349 e. The van der Waals surface area contributed by atoms with Gasteiger partial charge in [-0.25, -0.2) is 17.2 Å². The lowest BCUT2D eigenvalue weighted by Crippen LogP contribution is -2.43. The third-order valence-electron chi connectivity index (χ3n) is 3.15. The van der Waals surface area contributed by atoms with E-state index in [1.54, 1.807) is 25.1 Å². The van der Waals surface area contributed by atoms with Gasteiger partial charge in [-0.15, -0.1) is 11.8 Å². The van der Waals surface area contributed by atoms with Crippen LogP contribution in [-0.4, -0.2) is 44.3 Å². The Bertz CT molecular complexity index is 666. The van der Waals surface area contributed by atoms with Crippen LogP contribution in [-0.2, 0) is 14.6 Å². The second kappa shape index (κ2) is 8.77. The second-order valence-corrected chi connectivity index (χ2v) is 8.76. The Labute approximate surface area is 145 Å². The summed E-state index contributed by atoms with van der Waals surface area (Å²) >= 11 is 1.02. The van der Waals surface area contributed by atoms with E-state index in [-0.39, 0.29) is 10.6 Å². The molecular formula is C15H22F2N2O3S2. The summed E-state index contributed by atoms with van der Waals surface area (Å²) in [5.41, 5.74) is 4.92. The Hall–Kier alpha value is -1.19. The molecule has 1 atom stereocenters. The molecule has 1 aromatic carbocycles. The van der Waals surface area contributed by atoms with Crippen molar-refractivity contribution in [3.8, 4) is 0 Å². The first-order valence-electron chi connectivity index (χ1n) is 7.47. The van der Waals surface area contributed by atoms with Gasteiger partial charge in [0.1, 0.15) is 0 Å². The van der Waals surface area contributed by atoms with Crippen molar-refractivity contribution in [2.45, 2.75) is 41.2 Å². The number of rotatable bonds is 9. The Morgan fingerprint density at radius 2 is 2.00 bits per heavy atom. The zero-order valence-corrected chi connectivity index (χ0v) is 15.2. The molecule has 0 radical (unpaired) electrons. The molecule has 0 fully saturated rings. The lowest BCUT2D eigenvalue weighted by Gasteiger charge is -2.18. The lowest BCUT2D eigenvalue weighted by molar-refractivity contribution is -0.122. The lowest BCUT2D eigenvalue weighted by atomic mass is 10.3. The van der Waals surface area contributed by atoms with E-state index in [1.165, 1.54) is 13.0 Å². The largest absolute Gasteiger partial charge is 0.349 e. The molecular weight excluding hydrogens is 358 g/mol. The molecule has 0 aromatic heterocycles. The Kier molecular flexibility index (Phi) is 7.62. The first-order valence-corrected chi connectivity index (χ1v) is 10.00. The van der Waals surface area contributed by atoms with Gasteiger partial charge in [-0.05, 0) is 25.5 Å². The molecule has 24 heavy (non-hydrogen) atoms. The number of hydrogen-bond acceptors (Lipinski definition) is 5. The van der Waals surface area contributed by atoms with Crippen LogP contribution in [0, 0.1) is 0 Å². The van der Waals surface area contributed by atoms with Crippen LogP contribution in [0.15, 0.2) is 34.1 Å². The highest BCUT2D eigenvalue weighted by Crippen LogP contribution is 2.30. The first kappa shape index (κ1) is 20.9. The SMILES string of the molecule is CCCS(=O)(=O)c1ccccc1SC(C)C(=O)NCC(F)(F)CN. The maximum absolute atomic E-state index is 13.1. The maximum Gasteiger partial charge on any atom is 0.277 e. The normalized spacial score (nSPS) is 13.5. The first-order chi connectivity index (χ1) is 11.1. The Balaban J connectivity index is 2.84. The molecule has 1 unspecified atom stereocenters. The zero-order valence-electron chi connectivity index (χ0n) is 13.6. The highest BCUT2D eigenvalue weighted by Gasteiger charge is 2.29. The predicted octanol–water partition coefficient (Wildman–Crippen LogP) is 2.06. The number of carbonyl (C=O) groups excluding carboxylic acids is 1. The van der Waals surface area contributed by atoms with E-state index < -0.39 is 40.0 Å². The Morgan fingerprint density at radius 1 is 1.38 bits per heavy atom. The number of halogens is 2. The summed E-state index contributed by atoms with van der Waals surface area (Å²) in [4.78, 5) is 12.5. The smallest absolute Gasteiger partial charge is 0.277 e. The summed E-state index contributed by atoms with van der Waals surface area (Å²) in [7, 11) is -3.44. The van der Waals surface area contributed by atoms with Gasteiger partial charge in [0.15, 0.2) is 9.84 Å². The second-order valence-electron chi connectivity index (χ2n) is 5.30. The van der Waals surface area contributed by atoms with Crippen molar-refractivity contribution in [2.24, 2.45) is 5.73 Å². The van der Waals surface area contributed by atoms with Gasteiger partial charge in [0.2, 0.25) is 5.91 Å². The maximum atomic E-state index is 13.1. The van der Waals surface area contributed by atoms with Crippen molar-refractivity contribution in [3.63, 3.8) is 0 Å². The predicted molar refractivity (Wildman–Crippen MR) is 91.1 cm³/mol. The van der Waals surface area contributed by atoms with Crippen LogP contribution in [0.5, 0.6) is 0 Å². The van der Waals surface area contributed by atoms with Crippen molar-refractivity contribution in [2.75, 3.05) is 18.8 Å². The highest BCUT2D eigenvalue weighted by atomic mass is 32.2. The molecule has 5 nitrogen and oxygen atoms in total. The van der Waals surface area contributed by atoms with E-state index in [0.29, 0.717) is 11.3 Å². The van der Waals surface area contributed by atoms with Gasteiger partial charge in [-0.3, -0.25) is 4.79 Å². The minimum atomic E-state index is -3.44. The standard InChI is InChI=1S/C15H22F2N2O3S2/c1-3-8-24(21,22)13-7-5-4-6-12(13)23-11(2)14(20)19-10-15(16,17)9-18/h4-7,11H,3,8-10,18H2,1-2H3,(H,19,20). The average molecular weight is 380 g/mol. The number of amides is 1. The van der Waals surface area contributed by atoms with Crippen LogP contribution in [0.3, 0.4) is 0 Å². The van der Waals surface area contributed by atoms with Crippen molar-refractivity contribution in [3.05, 3.63) is 24.3 Å². The molecule has 3 N–H and O–H groups in total. The molecule has 0 saturated carbocycles. The summed E-state index contributed by atoms with van der Waals surface area (Å²) in [5, 5.41) is 1.41. The minimum absolute atomic E-state index is 0.00781. The fraction of sp³-hybridized carbons (Fsp3) is 0.533. The van der Waals surface area contributed by atoms with Gasteiger partial charge in [0.25, 0.3) is 5.92 Å². The van der Waals surface area contributed by atoms with Crippen molar-refractivity contribution in [1.82, 2.24) is 5.32 Å². The number of nitrogens with one attached hydrogen (secondary N) is 1. The fourth-order valence-electron chi connectivity index (χ4n) is 1.86. The van der Waals surface area contributed by atoms with Gasteiger partial charge < -0.3 is 11.1 Å². The summed E-state index contributed by atoms with van der Waals surface area (Å²) < 4.78 is 50.7. The summed E-state index contributed by atoms with van der Waals surface area (Å²) in [6.07, 6.45) is 0.478. The number of benzene rings is 1. The molecule has 1 amide bonds. The topological polar surface area (TPSA) is 89.3 Å². The molecule has 0 bridgehead atoms. The van der Waals surface area contributed by atoms with Crippen LogP contribution in [0.2, 0.25) is 0 Å². The molecule has 0 saturated heterocycles. The van der Waals surface area contributed by atoms with Gasteiger partial charge in [0.05, 0.1) is 29.0 Å². The van der Waals surface area contributed by atoms with Crippen molar-refractivity contribution < 1.29 is 22.0 Å². The van der Waals surface area contributed by atoms with E-state index in [1.807, 2.05) is 0 Å². The quantitative estimate of drug-likeness (QED) is 0.640. The molecule has 0 aliphatic rings. The third kappa shape index (κ3) is 6.03. The van der Waals surface area contributed by atoms with Crippen LogP contribution < -0.4 is 11.1 Å². The average Bonchev–Trinajstić information content (AvgIpc) is 2.53.